The van der Waals surface area contributed by atoms with Crippen LogP contribution in [-0.2, 0) is 6.54 Å². The Morgan fingerprint density at radius 3 is 2.43 bits per heavy atom. The number of halogens is 2. The Hall–Kier alpha value is -2.07. The number of ketones is 1. The summed E-state index contributed by atoms with van der Waals surface area (Å²) in [7, 11) is 1.88. The van der Waals surface area contributed by atoms with E-state index in [1.807, 2.05) is 18.0 Å². The zero-order valence-corrected chi connectivity index (χ0v) is 11.9. The summed E-state index contributed by atoms with van der Waals surface area (Å²) in [4.78, 5) is 13.9. The average molecular weight is 289 g/mol. The molecule has 0 radical (unpaired) electrons. The van der Waals surface area contributed by atoms with Crippen molar-refractivity contribution in [3.8, 4) is 0 Å². The lowest BCUT2D eigenvalue weighted by atomic mass is 10.1. The number of Topliss-reactive ketones (excluding diaryl/α,β-unsaturated/α-hetero) is 1. The molecule has 2 nitrogen and oxygen atoms in total. The van der Waals surface area contributed by atoms with Crippen molar-refractivity contribution in [2.45, 2.75) is 13.0 Å². The Morgan fingerprint density at radius 1 is 1.05 bits per heavy atom. The highest BCUT2D eigenvalue weighted by Crippen LogP contribution is 2.09. The zero-order chi connectivity index (χ0) is 15.2. The minimum absolute atomic E-state index is 0.0268. The first kappa shape index (κ1) is 15.3. The molecule has 2 aromatic carbocycles. The molecular formula is C17H17F2NO. The Labute approximate surface area is 123 Å². The molecule has 110 valence electrons. The molecule has 0 saturated carbocycles. The van der Waals surface area contributed by atoms with Gasteiger partial charge in [0.2, 0.25) is 0 Å². The van der Waals surface area contributed by atoms with Gasteiger partial charge in [0.05, 0.1) is 0 Å². The largest absolute Gasteiger partial charge is 0.302 e. The topological polar surface area (TPSA) is 20.3 Å². The molecule has 0 N–H and O–H groups in total. The van der Waals surface area contributed by atoms with E-state index in [4.69, 9.17) is 0 Å². The minimum Gasteiger partial charge on any atom is -0.302 e. The summed E-state index contributed by atoms with van der Waals surface area (Å²) in [6.07, 6.45) is 0.345. The fourth-order valence-corrected chi connectivity index (χ4v) is 2.10. The minimum atomic E-state index is -0.352. The highest BCUT2D eigenvalue weighted by molar-refractivity contribution is 5.96. The van der Waals surface area contributed by atoms with Gasteiger partial charge in [0.15, 0.2) is 5.78 Å². The molecule has 0 aromatic heterocycles. The lowest BCUT2D eigenvalue weighted by Gasteiger charge is -2.16. The van der Waals surface area contributed by atoms with Crippen LogP contribution in [0.3, 0.4) is 0 Å². The number of hydrogen-bond donors (Lipinski definition) is 0. The van der Waals surface area contributed by atoms with Crippen LogP contribution < -0.4 is 0 Å². The van der Waals surface area contributed by atoms with Crippen molar-refractivity contribution >= 4 is 5.78 Å². The third-order valence-corrected chi connectivity index (χ3v) is 3.23. The van der Waals surface area contributed by atoms with Crippen LogP contribution in [0.2, 0.25) is 0 Å². The maximum Gasteiger partial charge on any atom is 0.164 e. The quantitative estimate of drug-likeness (QED) is 0.756. The van der Waals surface area contributed by atoms with E-state index in [1.54, 1.807) is 6.07 Å². The molecule has 0 saturated heterocycles. The maximum absolute atomic E-state index is 13.1. The van der Waals surface area contributed by atoms with Gasteiger partial charge in [-0.1, -0.05) is 12.1 Å². The van der Waals surface area contributed by atoms with Crippen LogP contribution >= 0.6 is 0 Å². The lowest BCUT2D eigenvalue weighted by molar-refractivity contribution is 0.0968. The second-order valence-electron chi connectivity index (χ2n) is 5.05. The Kier molecular flexibility index (Phi) is 5.17. The summed E-state index contributed by atoms with van der Waals surface area (Å²) in [5, 5.41) is 0. The van der Waals surface area contributed by atoms with Gasteiger partial charge in [-0.3, -0.25) is 4.79 Å². The van der Waals surface area contributed by atoms with Gasteiger partial charge in [-0.25, -0.2) is 8.78 Å². The molecule has 0 heterocycles. The second-order valence-corrected chi connectivity index (χ2v) is 5.05. The monoisotopic (exact) mass is 289 g/mol. The third-order valence-electron chi connectivity index (χ3n) is 3.23. The van der Waals surface area contributed by atoms with Crippen molar-refractivity contribution in [3.63, 3.8) is 0 Å². The van der Waals surface area contributed by atoms with Crippen molar-refractivity contribution in [3.05, 3.63) is 71.3 Å². The first-order chi connectivity index (χ1) is 10.0. The van der Waals surface area contributed by atoms with Crippen LogP contribution in [0.1, 0.15) is 22.3 Å². The maximum atomic E-state index is 13.1. The van der Waals surface area contributed by atoms with E-state index in [9.17, 15) is 13.6 Å². The van der Waals surface area contributed by atoms with Gasteiger partial charge in [0, 0.05) is 25.1 Å². The van der Waals surface area contributed by atoms with Gasteiger partial charge >= 0.3 is 0 Å². The van der Waals surface area contributed by atoms with Gasteiger partial charge in [0.25, 0.3) is 0 Å². The molecule has 0 aliphatic heterocycles. The van der Waals surface area contributed by atoms with Crippen LogP contribution in [0.4, 0.5) is 8.78 Å². The molecule has 0 unspecified atom stereocenters. The summed E-state index contributed by atoms with van der Waals surface area (Å²) in [5.41, 5.74) is 1.38. The van der Waals surface area contributed by atoms with Gasteiger partial charge in [-0.2, -0.15) is 0 Å². The van der Waals surface area contributed by atoms with Gasteiger partial charge in [-0.15, -0.1) is 0 Å². The number of carbonyl (C=O) groups is 1. The van der Waals surface area contributed by atoms with E-state index in [0.29, 0.717) is 25.1 Å². The predicted octanol–water partition coefficient (Wildman–Crippen LogP) is 3.67. The Bertz CT molecular complexity index is 610. The highest BCUT2D eigenvalue weighted by Gasteiger charge is 2.08. The molecule has 2 aromatic rings. The first-order valence-electron chi connectivity index (χ1n) is 6.76. The molecule has 0 fully saturated rings. The smallest absolute Gasteiger partial charge is 0.164 e. The van der Waals surface area contributed by atoms with E-state index in [-0.39, 0.29) is 17.4 Å². The first-order valence-corrected chi connectivity index (χ1v) is 6.76. The van der Waals surface area contributed by atoms with Crippen LogP contribution in [-0.4, -0.2) is 24.3 Å². The van der Waals surface area contributed by atoms with Crippen molar-refractivity contribution in [1.82, 2.24) is 4.90 Å². The summed E-state index contributed by atoms with van der Waals surface area (Å²) >= 11 is 0. The summed E-state index contributed by atoms with van der Waals surface area (Å²) in [5.74, 6) is -0.640. The SMILES string of the molecule is CN(CCC(=O)c1ccc(F)cc1)Cc1cccc(F)c1. The molecule has 0 amide bonds. The van der Waals surface area contributed by atoms with Crippen LogP contribution in [0.15, 0.2) is 48.5 Å². The molecule has 21 heavy (non-hydrogen) atoms. The number of benzene rings is 2. The average Bonchev–Trinajstić information content (AvgIpc) is 2.45. The summed E-state index contributed by atoms with van der Waals surface area (Å²) in [6.45, 7) is 1.14. The van der Waals surface area contributed by atoms with Crippen molar-refractivity contribution in [2.24, 2.45) is 0 Å². The summed E-state index contributed by atoms with van der Waals surface area (Å²) < 4.78 is 25.9. The molecular weight excluding hydrogens is 272 g/mol. The standard InChI is InChI=1S/C17H17F2NO/c1-20(12-13-3-2-4-16(19)11-13)10-9-17(21)14-5-7-15(18)8-6-14/h2-8,11H,9-10,12H2,1H3. The fourth-order valence-electron chi connectivity index (χ4n) is 2.10. The normalized spacial score (nSPS) is 10.9. The molecule has 2 rings (SSSR count). The summed E-state index contributed by atoms with van der Waals surface area (Å²) in [6, 6.07) is 11.9. The number of rotatable bonds is 6. The Morgan fingerprint density at radius 2 is 1.76 bits per heavy atom. The Balaban J connectivity index is 1.84. The van der Waals surface area contributed by atoms with Crippen molar-refractivity contribution < 1.29 is 13.6 Å². The van der Waals surface area contributed by atoms with Crippen LogP contribution in [0.25, 0.3) is 0 Å². The second kappa shape index (κ2) is 7.09. The van der Waals surface area contributed by atoms with E-state index in [2.05, 4.69) is 0 Å². The zero-order valence-electron chi connectivity index (χ0n) is 11.9. The molecule has 4 heteroatoms. The molecule has 0 spiro atoms. The third kappa shape index (κ3) is 4.76. The molecule has 0 aliphatic carbocycles. The predicted molar refractivity (Wildman–Crippen MR) is 78.1 cm³/mol. The van der Waals surface area contributed by atoms with Crippen LogP contribution in [0, 0.1) is 11.6 Å². The number of hydrogen-bond acceptors (Lipinski definition) is 2. The van der Waals surface area contributed by atoms with Gasteiger partial charge in [0.1, 0.15) is 11.6 Å². The number of nitrogens with zero attached hydrogens (tertiary/aromatic N) is 1. The fraction of sp³-hybridized carbons (Fsp3) is 0.235. The number of carbonyl (C=O) groups excluding carboxylic acids is 1. The molecule has 0 aliphatic rings. The van der Waals surface area contributed by atoms with E-state index in [1.165, 1.54) is 36.4 Å². The van der Waals surface area contributed by atoms with Crippen molar-refractivity contribution in [2.75, 3.05) is 13.6 Å². The van der Waals surface area contributed by atoms with Crippen LogP contribution in [0.5, 0.6) is 0 Å². The van der Waals surface area contributed by atoms with Gasteiger partial charge < -0.3 is 4.90 Å². The molecule has 0 bridgehead atoms. The van der Waals surface area contributed by atoms with Gasteiger partial charge in [-0.05, 0) is 49.0 Å². The van der Waals surface area contributed by atoms with E-state index < -0.39 is 0 Å². The van der Waals surface area contributed by atoms with Crippen molar-refractivity contribution in [1.29, 1.82) is 0 Å². The molecule has 0 atom stereocenters. The van der Waals surface area contributed by atoms with E-state index >= 15 is 0 Å². The highest BCUT2D eigenvalue weighted by atomic mass is 19.1. The van der Waals surface area contributed by atoms with E-state index in [0.717, 1.165) is 5.56 Å². The lowest BCUT2D eigenvalue weighted by Crippen LogP contribution is -2.21.